The van der Waals surface area contributed by atoms with E-state index in [0.717, 1.165) is 0 Å². The van der Waals surface area contributed by atoms with Crippen molar-refractivity contribution in [2.75, 3.05) is 13.2 Å². The Bertz CT molecular complexity index is 388. The van der Waals surface area contributed by atoms with Gasteiger partial charge in [-0.2, -0.15) is 9.78 Å². The van der Waals surface area contributed by atoms with Crippen molar-refractivity contribution in [2.24, 2.45) is 11.8 Å². The molecule has 0 aliphatic heterocycles. The first kappa shape index (κ1) is 22.2. The van der Waals surface area contributed by atoms with Gasteiger partial charge < -0.3 is 0 Å². The average Bonchev–Trinajstić information content (AvgIpc) is 2.52. The van der Waals surface area contributed by atoms with Crippen LogP contribution in [-0.4, -0.2) is 36.7 Å². The van der Waals surface area contributed by atoms with Crippen molar-refractivity contribution < 1.29 is 38.7 Å². The normalized spacial score (nSPS) is 10.8. The van der Waals surface area contributed by atoms with Crippen LogP contribution in [0.5, 0.6) is 0 Å². The van der Waals surface area contributed by atoms with Crippen LogP contribution >= 0.6 is 0 Å². The minimum absolute atomic E-state index is 0.00252. The third-order valence-corrected chi connectivity index (χ3v) is 2.99. The maximum absolute atomic E-state index is 11.3. The van der Waals surface area contributed by atoms with Gasteiger partial charge in [-0.05, 0) is 0 Å². The molecule has 138 valence electrons. The zero-order valence-corrected chi connectivity index (χ0v) is 14.7. The van der Waals surface area contributed by atoms with Crippen molar-refractivity contribution in [3.8, 4) is 0 Å². The molecular formula is C16H26O8. The van der Waals surface area contributed by atoms with Gasteiger partial charge in [-0.3, -0.25) is 19.4 Å². The fourth-order valence-electron chi connectivity index (χ4n) is 1.36. The van der Waals surface area contributed by atoms with Crippen LogP contribution in [0, 0.1) is 11.8 Å². The van der Waals surface area contributed by atoms with E-state index in [0.29, 0.717) is 0 Å². The monoisotopic (exact) mass is 346 g/mol. The molecule has 0 aromatic rings. The van der Waals surface area contributed by atoms with Crippen molar-refractivity contribution in [1.29, 1.82) is 0 Å². The zero-order valence-electron chi connectivity index (χ0n) is 14.7. The van der Waals surface area contributed by atoms with Crippen LogP contribution in [0.25, 0.3) is 0 Å². The van der Waals surface area contributed by atoms with Gasteiger partial charge in [0, 0.05) is 24.7 Å². The number of carbonyl (C=O) groups excluding carboxylic acids is 4. The molecule has 24 heavy (non-hydrogen) atoms. The van der Waals surface area contributed by atoms with Gasteiger partial charge in [0.05, 0.1) is 12.8 Å². The van der Waals surface area contributed by atoms with E-state index in [1.807, 2.05) is 0 Å². The van der Waals surface area contributed by atoms with Crippen LogP contribution in [0.15, 0.2) is 0 Å². The second-order valence-corrected chi connectivity index (χ2v) is 5.80. The highest BCUT2D eigenvalue weighted by Crippen LogP contribution is 2.02. The Labute approximate surface area is 141 Å². The summed E-state index contributed by atoms with van der Waals surface area (Å²) in [6.07, 6.45) is -0.192. The van der Waals surface area contributed by atoms with Gasteiger partial charge in [0.1, 0.15) is 24.8 Å². The molecule has 0 aromatic carbocycles. The highest BCUT2D eigenvalue weighted by Gasteiger charge is 2.13. The van der Waals surface area contributed by atoms with E-state index in [9.17, 15) is 19.2 Å². The molecule has 0 fully saturated rings. The third kappa shape index (κ3) is 11.7. The summed E-state index contributed by atoms with van der Waals surface area (Å²) in [5.41, 5.74) is 0. The maximum atomic E-state index is 11.3. The fraction of sp³-hybridized carbons (Fsp3) is 0.750. The van der Waals surface area contributed by atoms with Gasteiger partial charge in [-0.15, -0.1) is 0 Å². The molecule has 0 atom stereocenters. The Morgan fingerprint density at radius 3 is 1.25 bits per heavy atom. The Kier molecular flexibility index (Phi) is 11.7. The SMILES string of the molecule is CC(C)C(=O)CCOOC(=O)CCC(=O)OOCCC(=O)C(C)C. The summed E-state index contributed by atoms with van der Waals surface area (Å²) in [4.78, 5) is 63.2. The lowest BCUT2D eigenvalue weighted by Gasteiger charge is -2.06. The minimum Gasteiger partial charge on any atom is -0.299 e. The minimum atomic E-state index is -0.751. The predicted octanol–water partition coefficient (Wildman–Crippen LogP) is 1.95. The molecule has 0 rings (SSSR count). The van der Waals surface area contributed by atoms with E-state index in [4.69, 9.17) is 0 Å². The molecule has 0 aromatic heterocycles. The molecular weight excluding hydrogens is 320 g/mol. The van der Waals surface area contributed by atoms with Crippen molar-refractivity contribution in [1.82, 2.24) is 0 Å². The summed E-state index contributed by atoms with van der Waals surface area (Å²) in [7, 11) is 0. The quantitative estimate of drug-likeness (QED) is 0.283. The smallest absolute Gasteiger partial charge is 0.299 e. The summed E-state index contributed by atoms with van der Waals surface area (Å²) in [6, 6.07) is 0. The van der Waals surface area contributed by atoms with Gasteiger partial charge in [0.15, 0.2) is 0 Å². The molecule has 0 bridgehead atoms. The molecule has 8 nitrogen and oxygen atoms in total. The van der Waals surface area contributed by atoms with Crippen molar-refractivity contribution >= 4 is 23.5 Å². The first-order valence-electron chi connectivity index (χ1n) is 7.94. The van der Waals surface area contributed by atoms with Crippen LogP contribution in [0.1, 0.15) is 53.4 Å². The summed E-state index contributed by atoms with van der Waals surface area (Å²) in [5.74, 6) is -1.70. The number of hydrogen-bond donors (Lipinski definition) is 0. The lowest BCUT2D eigenvalue weighted by atomic mass is 10.1. The van der Waals surface area contributed by atoms with E-state index in [1.54, 1.807) is 27.7 Å². The molecule has 0 saturated heterocycles. The predicted molar refractivity (Wildman–Crippen MR) is 82.2 cm³/mol. The first-order valence-corrected chi connectivity index (χ1v) is 7.94. The van der Waals surface area contributed by atoms with Crippen molar-refractivity contribution in [3.05, 3.63) is 0 Å². The molecule has 0 unspecified atom stereocenters. The number of Topliss-reactive ketones (excluding diaryl/α,β-unsaturated/α-hetero) is 2. The van der Waals surface area contributed by atoms with E-state index in [1.165, 1.54) is 0 Å². The summed E-state index contributed by atoms with van der Waals surface area (Å²) in [6.45, 7) is 7.00. The van der Waals surface area contributed by atoms with Gasteiger partial charge in [0.2, 0.25) is 0 Å². The Morgan fingerprint density at radius 1 is 0.625 bits per heavy atom. The van der Waals surface area contributed by atoms with Gasteiger partial charge in [-0.1, -0.05) is 27.7 Å². The van der Waals surface area contributed by atoms with Crippen LogP contribution in [-0.2, 0) is 38.7 Å². The summed E-state index contributed by atoms with van der Waals surface area (Å²) in [5, 5.41) is 0. The van der Waals surface area contributed by atoms with Crippen LogP contribution in [0.4, 0.5) is 0 Å². The first-order chi connectivity index (χ1) is 11.2. The average molecular weight is 346 g/mol. The van der Waals surface area contributed by atoms with Gasteiger partial charge >= 0.3 is 11.9 Å². The molecule has 0 spiro atoms. The van der Waals surface area contributed by atoms with Crippen molar-refractivity contribution in [3.63, 3.8) is 0 Å². The molecule has 0 amide bonds. The third-order valence-electron chi connectivity index (χ3n) is 2.99. The van der Waals surface area contributed by atoms with E-state index in [2.05, 4.69) is 19.6 Å². The zero-order chi connectivity index (χ0) is 18.5. The van der Waals surface area contributed by atoms with Crippen LogP contribution in [0.2, 0.25) is 0 Å². The van der Waals surface area contributed by atoms with E-state index < -0.39 is 11.9 Å². The molecule has 0 aliphatic rings. The molecule has 8 heteroatoms. The second-order valence-electron chi connectivity index (χ2n) is 5.80. The molecule has 0 N–H and O–H groups in total. The topological polar surface area (TPSA) is 105 Å². The molecule has 0 heterocycles. The largest absolute Gasteiger partial charge is 0.342 e. The lowest BCUT2D eigenvalue weighted by molar-refractivity contribution is -0.277. The highest BCUT2D eigenvalue weighted by molar-refractivity contribution is 5.80. The van der Waals surface area contributed by atoms with Crippen molar-refractivity contribution in [2.45, 2.75) is 53.4 Å². The van der Waals surface area contributed by atoms with Gasteiger partial charge in [0.25, 0.3) is 0 Å². The number of carbonyl (C=O) groups is 4. The number of ketones is 2. The standard InChI is InChI=1S/C16H26O8/c1-11(2)13(17)7-9-21-23-15(19)5-6-16(20)24-22-10-8-14(18)12(3)4/h11-12H,5-10H2,1-4H3. The highest BCUT2D eigenvalue weighted by atomic mass is 17.2. The Hall–Kier alpha value is -1.80. The number of rotatable bonds is 13. The fourth-order valence-corrected chi connectivity index (χ4v) is 1.36. The second kappa shape index (κ2) is 12.6. The van der Waals surface area contributed by atoms with E-state index >= 15 is 0 Å². The lowest BCUT2D eigenvalue weighted by Crippen LogP contribution is -2.15. The molecule has 0 aliphatic carbocycles. The molecule has 0 radical (unpaired) electrons. The van der Waals surface area contributed by atoms with Crippen LogP contribution < -0.4 is 0 Å². The van der Waals surface area contributed by atoms with Gasteiger partial charge in [-0.25, -0.2) is 9.59 Å². The van der Waals surface area contributed by atoms with Crippen LogP contribution in [0.3, 0.4) is 0 Å². The summed E-state index contributed by atoms with van der Waals surface area (Å²) >= 11 is 0. The maximum Gasteiger partial charge on any atom is 0.342 e. The summed E-state index contributed by atoms with van der Waals surface area (Å²) < 4.78 is 0. The number of hydrogen-bond acceptors (Lipinski definition) is 8. The Morgan fingerprint density at radius 2 is 0.958 bits per heavy atom. The Balaban J connectivity index is 3.63. The molecule has 0 saturated carbocycles. The van der Waals surface area contributed by atoms with E-state index in [-0.39, 0.29) is 62.3 Å².